The maximum Gasteiger partial charge on any atom is 0.142 e. The van der Waals surface area contributed by atoms with Crippen molar-refractivity contribution in [2.24, 2.45) is 0 Å². The number of hydrogen-bond donors (Lipinski definition) is 1. The summed E-state index contributed by atoms with van der Waals surface area (Å²) in [6.07, 6.45) is 0. The quantitative estimate of drug-likeness (QED) is 0.701. The minimum atomic E-state index is -1.41. The highest BCUT2D eigenvalue weighted by Gasteiger charge is 2.22. The molecule has 0 saturated carbocycles. The molecule has 1 aromatic rings. The van der Waals surface area contributed by atoms with Gasteiger partial charge in [0.1, 0.15) is 11.6 Å². The van der Waals surface area contributed by atoms with Crippen molar-refractivity contribution in [3.05, 3.63) is 34.4 Å². The largest absolute Gasteiger partial charge is 0.386 e. The molecule has 0 spiro atoms. The molecular weight excluding hydrogens is 198 g/mol. The summed E-state index contributed by atoms with van der Waals surface area (Å²) < 4.78 is 26.0. The zero-order valence-electron chi connectivity index (χ0n) is 7.24. The first-order valence-electron chi connectivity index (χ1n) is 3.70. The second-order valence-corrected chi connectivity index (χ2v) is 3.71. The summed E-state index contributed by atoms with van der Waals surface area (Å²) in [4.78, 5) is 0. The van der Waals surface area contributed by atoms with Crippen LogP contribution in [0.15, 0.2) is 12.1 Å². The molecule has 0 radical (unpaired) electrons. The maximum absolute atomic E-state index is 13.1. The average molecular weight is 207 g/mol. The van der Waals surface area contributed by atoms with Gasteiger partial charge >= 0.3 is 0 Å². The Morgan fingerprint density at radius 3 is 2.23 bits per heavy atom. The first-order valence-corrected chi connectivity index (χ1v) is 4.07. The summed E-state index contributed by atoms with van der Waals surface area (Å²) in [5, 5.41) is 9.15. The van der Waals surface area contributed by atoms with Crippen molar-refractivity contribution in [1.29, 1.82) is 0 Å². The zero-order valence-corrected chi connectivity index (χ0v) is 7.99. The van der Waals surface area contributed by atoms with E-state index < -0.39 is 17.2 Å². The third kappa shape index (κ3) is 2.17. The molecule has 72 valence electrons. The van der Waals surface area contributed by atoms with E-state index in [1.165, 1.54) is 13.8 Å². The van der Waals surface area contributed by atoms with Crippen molar-refractivity contribution in [2.45, 2.75) is 19.4 Å². The highest BCUT2D eigenvalue weighted by molar-refractivity contribution is 6.30. The fourth-order valence-corrected chi connectivity index (χ4v) is 1.14. The van der Waals surface area contributed by atoms with Gasteiger partial charge in [0, 0.05) is 5.56 Å². The first kappa shape index (κ1) is 10.4. The van der Waals surface area contributed by atoms with E-state index in [9.17, 15) is 13.9 Å². The number of rotatable bonds is 1. The van der Waals surface area contributed by atoms with Gasteiger partial charge in [-0.15, -0.1) is 0 Å². The van der Waals surface area contributed by atoms with Gasteiger partial charge in [-0.2, -0.15) is 0 Å². The van der Waals surface area contributed by atoms with Gasteiger partial charge in [-0.1, -0.05) is 11.6 Å². The van der Waals surface area contributed by atoms with E-state index in [0.717, 1.165) is 12.1 Å². The average Bonchev–Trinajstić information content (AvgIpc) is 1.94. The molecule has 0 heterocycles. The van der Waals surface area contributed by atoms with E-state index in [4.69, 9.17) is 11.6 Å². The van der Waals surface area contributed by atoms with E-state index in [1.807, 2.05) is 0 Å². The van der Waals surface area contributed by atoms with Crippen LogP contribution >= 0.6 is 11.6 Å². The van der Waals surface area contributed by atoms with Crippen LogP contribution in [-0.2, 0) is 5.60 Å². The van der Waals surface area contributed by atoms with Crippen LogP contribution in [-0.4, -0.2) is 5.11 Å². The van der Waals surface area contributed by atoms with E-state index in [-0.39, 0.29) is 10.6 Å². The Hall–Kier alpha value is -0.670. The zero-order chi connectivity index (χ0) is 10.2. The molecule has 4 heteroatoms. The lowest BCUT2D eigenvalue weighted by atomic mass is 9.98. The van der Waals surface area contributed by atoms with Gasteiger partial charge in [-0.05, 0) is 26.0 Å². The molecule has 1 N–H and O–H groups in total. The third-order valence-electron chi connectivity index (χ3n) is 1.67. The van der Waals surface area contributed by atoms with Crippen LogP contribution in [0.5, 0.6) is 0 Å². The van der Waals surface area contributed by atoms with Crippen molar-refractivity contribution in [2.75, 3.05) is 0 Å². The van der Waals surface area contributed by atoms with Crippen LogP contribution in [0.25, 0.3) is 0 Å². The number of aliphatic hydroxyl groups is 1. The summed E-state index contributed by atoms with van der Waals surface area (Å²) in [5.41, 5.74) is -1.51. The summed E-state index contributed by atoms with van der Waals surface area (Å²) >= 11 is 5.34. The summed E-state index contributed by atoms with van der Waals surface area (Å²) in [5.74, 6) is -1.45. The summed E-state index contributed by atoms with van der Waals surface area (Å²) in [6, 6.07) is 1.75. The predicted molar refractivity (Wildman–Crippen MR) is 46.6 cm³/mol. The molecule has 0 amide bonds. The molecule has 1 aromatic carbocycles. The van der Waals surface area contributed by atoms with E-state index >= 15 is 0 Å². The Kier molecular flexibility index (Phi) is 2.59. The van der Waals surface area contributed by atoms with Crippen LogP contribution in [0.4, 0.5) is 8.78 Å². The number of halogens is 3. The molecule has 0 atom stereocenters. The van der Waals surface area contributed by atoms with Crippen LogP contribution in [0.1, 0.15) is 19.4 Å². The van der Waals surface area contributed by atoms with Crippen LogP contribution < -0.4 is 0 Å². The highest BCUT2D eigenvalue weighted by Crippen LogP contribution is 2.27. The Bertz CT molecular complexity index is 331. The van der Waals surface area contributed by atoms with Gasteiger partial charge in [-0.25, -0.2) is 8.78 Å². The maximum atomic E-state index is 13.1. The summed E-state index contributed by atoms with van der Waals surface area (Å²) in [7, 11) is 0. The van der Waals surface area contributed by atoms with Crippen molar-refractivity contribution >= 4 is 11.6 Å². The predicted octanol–water partition coefficient (Wildman–Crippen LogP) is 2.85. The molecular formula is C9H9ClF2O. The van der Waals surface area contributed by atoms with Crippen LogP contribution in [0.2, 0.25) is 5.02 Å². The first-order chi connectivity index (χ1) is 5.82. The molecule has 1 nitrogen and oxygen atoms in total. The van der Waals surface area contributed by atoms with E-state index in [0.29, 0.717) is 0 Å². The molecule has 0 aromatic heterocycles. The van der Waals surface area contributed by atoms with Gasteiger partial charge in [0.05, 0.1) is 10.6 Å². The monoisotopic (exact) mass is 206 g/mol. The van der Waals surface area contributed by atoms with Crippen molar-refractivity contribution < 1.29 is 13.9 Å². The molecule has 13 heavy (non-hydrogen) atoms. The highest BCUT2D eigenvalue weighted by atomic mass is 35.5. The Morgan fingerprint density at radius 2 is 1.77 bits per heavy atom. The molecule has 0 saturated heterocycles. The van der Waals surface area contributed by atoms with E-state index in [1.54, 1.807) is 0 Å². The summed E-state index contributed by atoms with van der Waals surface area (Å²) in [6.45, 7) is 2.75. The van der Waals surface area contributed by atoms with E-state index in [2.05, 4.69) is 0 Å². The molecule has 1 rings (SSSR count). The lowest BCUT2D eigenvalue weighted by Crippen LogP contribution is -2.17. The Balaban J connectivity index is 3.32. The fraction of sp³-hybridized carbons (Fsp3) is 0.333. The second-order valence-electron chi connectivity index (χ2n) is 3.31. The van der Waals surface area contributed by atoms with Gasteiger partial charge in [-0.3, -0.25) is 0 Å². The normalized spacial score (nSPS) is 11.8. The molecule has 0 bridgehead atoms. The Morgan fingerprint density at radius 1 is 1.23 bits per heavy atom. The van der Waals surface area contributed by atoms with Gasteiger partial charge in [0.25, 0.3) is 0 Å². The van der Waals surface area contributed by atoms with Crippen LogP contribution in [0.3, 0.4) is 0 Å². The molecule has 0 aliphatic carbocycles. The molecule has 0 fully saturated rings. The second kappa shape index (κ2) is 3.24. The lowest BCUT2D eigenvalue weighted by Gasteiger charge is -2.18. The number of hydrogen-bond acceptors (Lipinski definition) is 1. The lowest BCUT2D eigenvalue weighted by molar-refractivity contribution is 0.0741. The molecule has 0 aliphatic heterocycles. The minimum Gasteiger partial charge on any atom is -0.386 e. The number of benzene rings is 1. The topological polar surface area (TPSA) is 20.2 Å². The fourth-order valence-electron chi connectivity index (χ4n) is 0.991. The smallest absolute Gasteiger partial charge is 0.142 e. The molecule has 0 unspecified atom stereocenters. The van der Waals surface area contributed by atoms with Crippen molar-refractivity contribution in [3.8, 4) is 0 Å². The van der Waals surface area contributed by atoms with Gasteiger partial charge < -0.3 is 5.11 Å². The third-order valence-corrected chi connectivity index (χ3v) is 1.96. The minimum absolute atomic E-state index is 0.102. The van der Waals surface area contributed by atoms with Gasteiger partial charge in [0.2, 0.25) is 0 Å². The Labute approximate surface area is 80.0 Å². The van der Waals surface area contributed by atoms with Crippen molar-refractivity contribution in [3.63, 3.8) is 0 Å². The van der Waals surface area contributed by atoms with Crippen LogP contribution in [0, 0.1) is 11.6 Å². The standard InChI is InChI=1S/C9H9ClF2O/c1-9(2,13)5-3-8(12)6(10)4-7(5)11/h3-4,13H,1-2H3. The van der Waals surface area contributed by atoms with Gasteiger partial charge in [0.15, 0.2) is 0 Å². The van der Waals surface area contributed by atoms with Crippen molar-refractivity contribution in [1.82, 2.24) is 0 Å². The molecule has 0 aliphatic rings. The SMILES string of the molecule is CC(C)(O)c1cc(F)c(Cl)cc1F.